The Morgan fingerprint density at radius 3 is 0.853 bits per heavy atom. The molecule has 0 aromatic rings. The minimum Gasteiger partial charge on any atom is -0.462 e. The molecule has 1 unspecified atom stereocenters. The first-order valence-corrected chi connectivity index (χ1v) is 31.7. The second kappa shape index (κ2) is 62.9. The molecular weight excluding hydrogens is 925 g/mol. The zero-order valence-corrected chi connectivity index (χ0v) is 49.3. The summed E-state index contributed by atoms with van der Waals surface area (Å²) in [5, 5.41) is 0. The second-order valence-corrected chi connectivity index (χ2v) is 20.9. The predicted molar refractivity (Wildman–Crippen MR) is 325 cm³/mol. The molecule has 0 rings (SSSR count). The minimum absolute atomic E-state index is 0.0960. The van der Waals surface area contributed by atoms with E-state index in [0.717, 1.165) is 103 Å². The fourth-order valence-electron chi connectivity index (χ4n) is 8.79. The first-order valence-electron chi connectivity index (χ1n) is 31.7. The van der Waals surface area contributed by atoms with Crippen molar-refractivity contribution in [3.8, 4) is 0 Å². The van der Waals surface area contributed by atoms with E-state index in [2.05, 4.69) is 118 Å². The number of allylic oxidation sites excluding steroid dienone is 16. The maximum absolute atomic E-state index is 12.9. The Labute approximate surface area is 464 Å². The fourth-order valence-corrected chi connectivity index (χ4v) is 8.79. The van der Waals surface area contributed by atoms with Crippen molar-refractivity contribution in [3.05, 3.63) is 97.2 Å². The largest absolute Gasteiger partial charge is 0.462 e. The number of hydrogen-bond donors (Lipinski definition) is 0. The van der Waals surface area contributed by atoms with Crippen LogP contribution < -0.4 is 0 Å². The summed E-state index contributed by atoms with van der Waals surface area (Å²) < 4.78 is 16.9. The van der Waals surface area contributed by atoms with Crippen LogP contribution in [0.15, 0.2) is 97.2 Å². The highest BCUT2D eigenvalue weighted by Crippen LogP contribution is 2.15. The van der Waals surface area contributed by atoms with Gasteiger partial charge in [-0.05, 0) is 122 Å². The van der Waals surface area contributed by atoms with E-state index in [4.69, 9.17) is 14.2 Å². The van der Waals surface area contributed by atoms with Crippen LogP contribution in [-0.4, -0.2) is 37.2 Å². The van der Waals surface area contributed by atoms with Crippen LogP contribution >= 0.6 is 0 Å². The van der Waals surface area contributed by atoms with Gasteiger partial charge in [-0.3, -0.25) is 14.4 Å². The van der Waals surface area contributed by atoms with Gasteiger partial charge in [0.15, 0.2) is 6.10 Å². The van der Waals surface area contributed by atoms with Crippen LogP contribution in [0.3, 0.4) is 0 Å². The Bertz CT molecular complexity index is 1480. The van der Waals surface area contributed by atoms with E-state index in [1.165, 1.54) is 161 Å². The zero-order chi connectivity index (χ0) is 54.3. The molecule has 0 saturated heterocycles. The lowest BCUT2D eigenvalue weighted by Gasteiger charge is -2.18. The lowest BCUT2D eigenvalue weighted by atomic mass is 10.1. The Morgan fingerprint density at radius 2 is 0.520 bits per heavy atom. The summed E-state index contributed by atoms with van der Waals surface area (Å²) in [6.45, 7) is 6.50. The maximum atomic E-state index is 12.9. The van der Waals surface area contributed by atoms with E-state index in [9.17, 15) is 14.4 Å². The van der Waals surface area contributed by atoms with Crippen molar-refractivity contribution in [2.75, 3.05) is 13.2 Å². The van der Waals surface area contributed by atoms with Crippen LogP contribution in [0.5, 0.6) is 0 Å². The molecule has 0 amide bonds. The van der Waals surface area contributed by atoms with Gasteiger partial charge in [-0.25, -0.2) is 0 Å². The first kappa shape index (κ1) is 71.3. The molecule has 75 heavy (non-hydrogen) atoms. The van der Waals surface area contributed by atoms with Crippen LogP contribution in [0.4, 0.5) is 0 Å². The Hall–Kier alpha value is -3.67. The van der Waals surface area contributed by atoms with Gasteiger partial charge in [0, 0.05) is 19.3 Å². The third-order valence-electron chi connectivity index (χ3n) is 13.5. The normalized spacial score (nSPS) is 12.7. The molecule has 0 aromatic carbocycles. The topological polar surface area (TPSA) is 78.9 Å². The molecule has 0 radical (unpaired) electrons. The number of ether oxygens (including phenoxy) is 3. The summed E-state index contributed by atoms with van der Waals surface area (Å²) in [6, 6.07) is 0. The molecule has 0 aliphatic carbocycles. The van der Waals surface area contributed by atoms with E-state index in [1.54, 1.807) is 0 Å². The van der Waals surface area contributed by atoms with Crippen LogP contribution in [0.25, 0.3) is 0 Å². The van der Waals surface area contributed by atoms with Crippen molar-refractivity contribution in [3.63, 3.8) is 0 Å². The van der Waals surface area contributed by atoms with Gasteiger partial charge in [0.05, 0.1) is 0 Å². The van der Waals surface area contributed by atoms with Gasteiger partial charge < -0.3 is 14.2 Å². The highest BCUT2D eigenvalue weighted by Gasteiger charge is 2.19. The average Bonchev–Trinajstić information content (AvgIpc) is 3.41. The van der Waals surface area contributed by atoms with E-state index in [1.807, 2.05) is 0 Å². The van der Waals surface area contributed by atoms with Gasteiger partial charge in [-0.1, -0.05) is 259 Å². The van der Waals surface area contributed by atoms with Gasteiger partial charge in [0.2, 0.25) is 0 Å². The summed E-state index contributed by atoms with van der Waals surface area (Å²) in [6.07, 6.45) is 84.1. The summed E-state index contributed by atoms with van der Waals surface area (Å²) in [7, 11) is 0. The Kier molecular flexibility index (Phi) is 59.8. The summed E-state index contributed by atoms with van der Waals surface area (Å²) in [5.74, 6) is -0.942. The van der Waals surface area contributed by atoms with Gasteiger partial charge in [0.1, 0.15) is 13.2 Å². The molecule has 0 spiro atoms. The number of carbonyl (C=O) groups excluding carboxylic acids is 3. The van der Waals surface area contributed by atoms with Crippen LogP contribution in [0.1, 0.15) is 303 Å². The smallest absolute Gasteiger partial charge is 0.306 e. The van der Waals surface area contributed by atoms with Crippen molar-refractivity contribution in [2.24, 2.45) is 0 Å². The molecule has 0 saturated carbocycles. The third-order valence-corrected chi connectivity index (χ3v) is 13.5. The average molecular weight is 1040 g/mol. The molecule has 6 nitrogen and oxygen atoms in total. The van der Waals surface area contributed by atoms with Crippen molar-refractivity contribution in [1.82, 2.24) is 0 Å². The second-order valence-electron chi connectivity index (χ2n) is 20.9. The maximum Gasteiger partial charge on any atom is 0.306 e. The Balaban J connectivity index is 4.45. The van der Waals surface area contributed by atoms with E-state index in [-0.39, 0.29) is 31.1 Å². The van der Waals surface area contributed by atoms with Crippen molar-refractivity contribution in [2.45, 2.75) is 309 Å². The summed E-state index contributed by atoms with van der Waals surface area (Å²) in [5.41, 5.74) is 0. The molecule has 430 valence electrons. The van der Waals surface area contributed by atoms with Crippen LogP contribution in [-0.2, 0) is 28.6 Å². The third kappa shape index (κ3) is 61.1. The quantitative estimate of drug-likeness (QED) is 0.0261. The molecule has 0 heterocycles. The highest BCUT2D eigenvalue weighted by atomic mass is 16.6. The molecular formula is C69H118O6. The Morgan fingerprint density at radius 1 is 0.280 bits per heavy atom. The van der Waals surface area contributed by atoms with Gasteiger partial charge in [-0.2, -0.15) is 0 Å². The standard InChI is InChI=1S/C69H118O6/c1-4-7-10-13-16-19-22-25-28-30-32-34-36-38-41-44-47-50-53-56-59-62-68(71)74-65-66(64-73-67(70)61-58-55-52-49-46-43-40-27-24-21-18-15-12-9-6-3)75-69(72)63-60-57-54-51-48-45-42-39-37-35-33-31-29-26-23-20-17-14-11-8-5-2/h7,10,16,19,25,27-28,31-34,38,40-41,47,50,66H,4-6,8-9,11-15,17-18,20-24,26,29-30,35-37,39,42-46,48-49,51-65H2,1-3H3/b10-7-,19-16-,28-25-,33-31-,34-32-,40-27-,41-38-,50-47-. The number of esters is 3. The molecule has 6 heteroatoms. The lowest BCUT2D eigenvalue weighted by molar-refractivity contribution is -0.167. The lowest BCUT2D eigenvalue weighted by Crippen LogP contribution is -2.30. The van der Waals surface area contributed by atoms with Crippen molar-refractivity contribution in [1.29, 1.82) is 0 Å². The predicted octanol–water partition coefficient (Wildman–Crippen LogP) is 21.7. The molecule has 0 aromatic heterocycles. The van der Waals surface area contributed by atoms with Gasteiger partial charge >= 0.3 is 17.9 Å². The molecule has 0 aliphatic rings. The van der Waals surface area contributed by atoms with E-state index >= 15 is 0 Å². The molecule has 0 bridgehead atoms. The monoisotopic (exact) mass is 1040 g/mol. The van der Waals surface area contributed by atoms with E-state index < -0.39 is 6.10 Å². The number of carbonyl (C=O) groups is 3. The molecule has 1 atom stereocenters. The van der Waals surface area contributed by atoms with E-state index in [0.29, 0.717) is 19.3 Å². The number of rotatable bonds is 57. The van der Waals surface area contributed by atoms with Gasteiger partial charge in [0.25, 0.3) is 0 Å². The zero-order valence-electron chi connectivity index (χ0n) is 49.3. The molecule has 0 N–H and O–H groups in total. The van der Waals surface area contributed by atoms with Crippen molar-refractivity contribution >= 4 is 17.9 Å². The minimum atomic E-state index is -0.802. The first-order chi connectivity index (χ1) is 37.0. The molecule has 0 fully saturated rings. The summed E-state index contributed by atoms with van der Waals surface area (Å²) in [4.78, 5) is 38.3. The molecule has 0 aliphatic heterocycles. The van der Waals surface area contributed by atoms with Gasteiger partial charge in [-0.15, -0.1) is 0 Å². The van der Waals surface area contributed by atoms with Crippen molar-refractivity contribution < 1.29 is 28.6 Å². The number of unbranched alkanes of at least 4 members (excludes halogenated alkanes) is 30. The van der Waals surface area contributed by atoms with Crippen LogP contribution in [0, 0.1) is 0 Å². The summed E-state index contributed by atoms with van der Waals surface area (Å²) >= 11 is 0. The SMILES string of the molecule is CC/C=C\C/C=C\C/C=C\C/C=C\C/C=C\C/C=C\CCCCC(=O)OCC(COC(=O)CCCCCCC/C=C\CCCCCCCC)OC(=O)CCCCCCCCCCC/C=C\CCCCCCCCCC. The fraction of sp³-hybridized carbons (Fsp3) is 0.725. The van der Waals surface area contributed by atoms with Crippen LogP contribution in [0.2, 0.25) is 0 Å². The highest BCUT2D eigenvalue weighted by molar-refractivity contribution is 5.71. The number of hydrogen-bond acceptors (Lipinski definition) is 6.